The van der Waals surface area contributed by atoms with Crippen molar-refractivity contribution in [2.24, 2.45) is 5.92 Å². The van der Waals surface area contributed by atoms with Gasteiger partial charge in [0.25, 0.3) is 0 Å². The molecule has 0 unspecified atom stereocenters. The molecule has 0 atom stereocenters. The van der Waals surface area contributed by atoms with Crippen LogP contribution < -0.4 is 15.5 Å². The average molecular weight is 289 g/mol. The molecule has 0 spiro atoms. The zero-order valence-corrected chi connectivity index (χ0v) is 13.2. The summed E-state index contributed by atoms with van der Waals surface area (Å²) in [5, 5.41) is 6.33. The van der Waals surface area contributed by atoms with Crippen molar-refractivity contribution in [3.63, 3.8) is 0 Å². The van der Waals surface area contributed by atoms with Crippen molar-refractivity contribution in [2.45, 2.75) is 33.2 Å². The Morgan fingerprint density at radius 1 is 1.14 bits per heavy atom. The molecule has 0 aliphatic heterocycles. The quantitative estimate of drug-likeness (QED) is 0.685. The zero-order valence-electron chi connectivity index (χ0n) is 13.2. The molecule has 1 aromatic rings. The van der Waals surface area contributed by atoms with Crippen LogP contribution in [-0.2, 0) is 11.3 Å². The molecule has 21 heavy (non-hydrogen) atoms. The molecular weight excluding hydrogens is 262 g/mol. The molecule has 2 N–H and O–H groups in total. The number of amides is 1. The summed E-state index contributed by atoms with van der Waals surface area (Å²) < 4.78 is 0. The Balaban J connectivity index is 1.65. The van der Waals surface area contributed by atoms with Crippen LogP contribution in [0.5, 0.6) is 0 Å². The Morgan fingerprint density at radius 3 is 2.38 bits per heavy atom. The molecule has 2 rings (SSSR count). The minimum absolute atomic E-state index is 0.223. The predicted molar refractivity (Wildman–Crippen MR) is 87.4 cm³/mol. The van der Waals surface area contributed by atoms with E-state index in [1.54, 1.807) is 0 Å². The van der Waals surface area contributed by atoms with Gasteiger partial charge >= 0.3 is 0 Å². The molecule has 4 nitrogen and oxygen atoms in total. The number of nitrogens with zero attached hydrogens (tertiary/aromatic N) is 1. The lowest BCUT2D eigenvalue weighted by atomic mass is 10.2. The first-order valence-electron chi connectivity index (χ1n) is 8.07. The maximum atomic E-state index is 11.5. The highest BCUT2D eigenvalue weighted by Gasteiger charge is 2.28. The number of hydrogen-bond donors (Lipinski definition) is 2. The van der Waals surface area contributed by atoms with E-state index >= 15 is 0 Å². The van der Waals surface area contributed by atoms with Crippen molar-refractivity contribution < 1.29 is 4.79 Å². The van der Waals surface area contributed by atoms with Gasteiger partial charge in [-0.15, -0.1) is 0 Å². The maximum absolute atomic E-state index is 11.5. The van der Waals surface area contributed by atoms with E-state index in [4.69, 9.17) is 0 Å². The predicted octanol–water partition coefficient (Wildman–Crippen LogP) is 2.15. The van der Waals surface area contributed by atoms with Crippen LogP contribution >= 0.6 is 0 Å². The molecule has 0 heterocycles. The minimum Gasteiger partial charge on any atom is -0.372 e. The highest BCUT2D eigenvalue weighted by Crippen LogP contribution is 2.28. The Kier molecular flexibility index (Phi) is 6.05. The Labute approximate surface area is 127 Å². The number of benzene rings is 1. The topological polar surface area (TPSA) is 44.4 Å². The summed E-state index contributed by atoms with van der Waals surface area (Å²) in [7, 11) is 0. The maximum Gasteiger partial charge on any atom is 0.223 e. The number of hydrogen-bond acceptors (Lipinski definition) is 3. The van der Waals surface area contributed by atoms with Crippen LogP contribution in [0, 0.1) is 5.92 Å². The number of rotatable bonds is 9. The highest BCUT2D eigenvalue weighted by atomic mass is 16.2. The van der Waals surface area contributed by atoms with E-state index in [-0.39, 0.29) is 5.91 Å². The van der Waals surface area contributed by atoms with Gasteiger partial charge in [-0.05, 0) is 44.4 Å². The summed E-state index contributed by atoms with van der Waals surface area (Å²) in [5.41, 5.74) is 2.56. The minimum atomic E-state index is 0.223. The summed E-state index contributed by atoms with van der Waals surface area (Å²) in [5.74, 6) is 0.526. The van der Waals surface area contributed by atoms with Gasteiger partial charge in [0.15, 0.2) is 0 Å². The standard InChI is InChI=1S/C17H27N3O/c1-3-20(4-2)16-9-5-14(6-10-16)13-18-11-12-19-17(21)15-7-8-15/h5-6,9-10,15,18H,3-4,7-8,11-13H2,1-2H3,(H,19,21). The van der Waals surface area contributed by atoms with Crippen LogP contribution in [0.2, 0.25) is 0 Å². The number of carbonyl (C=O) groups excluding carboxylic acids is 1. The molecule has 0 aromatic heterocycles. The Bertz CT molecular complexity index is 436. The Hall–Kier alpha value is -1.55. The fourth-order valence-corrected chi connectivity index (χ4v) is 2.41. The van der Waals surface area contributed by atoms with E-state index in [9.17, 15) is 4.79 Å². The van der Waals surface area contributed by atoms with E-state index in [1.807, 2.05) is 0 Å². The van der Waals surface area contributed by atoms with E-state index in [0.717, 1.165) is 39.0 Å². The van der Waals surface area contributed by atoms with Crippen molar-refractivity contribution >= 4 is 11.6 Å². The van der Waals surface area contributed by atoms with Gasteiger partial charge in [0.1, 0.15) is 0 Å². The lowest BCUT2D eigenvalue weighted by Gasteiger charge is -2.21. The van der Waals surface area contributed by atoms with Gasteiger partial charge in [-0.1, -0.05) is 12.1 Å². The summed E-state index contributed by atoms with van der Waals surface area (Å²) in [6.07, 6.45) is 2.14. The number of nitrogens with one attached hydrogen (secondary N) is 2. The fourth-order valence-electron chi connectivity index (χ4n) is 2.41. The lowest BCUT2D eigenvalue weighted by molar-refractivity contribution is -0.122. The van der Waals surface area contributed by atoms with Gasteiger partial charge in [0.05, 0.1) is 0 Å². The third-order valence-electron chi connectivity index (χ3n) is 3.94. The largest absolute Gasteiger partial charge is 0.372 e. The summed E-state index contributed by atoms with van der Waals surface area (Å²) >= 11 is 0. The van der Waals surface area contributed by atoms with Gasteiger partial charge in [-0.3, -0.25) is 4.79 Å². The molecule has 1 aromatic carbocycles. The van der Waals surface area contributed by atoms with Crippen LogP contribution in [0.3, 0.4) is 0 Å². The van der Waals surface area contributed by atoms with Crippen LogP contribution in [0.1, 0.15) is 32.3 Å². The number of anilines is 1. The van der Waals surface area contributed by atoms with E-state index in [0.29, 0.717) is 12.5 Å². The van der Waals surface area contributed by atoms with E-state index in [2.05, 4.69) is 53.6 Å². The smallest absolute Gasteiger partial charge is 0.223 e. The molecule has 1 aliphatic rings. The Morgan fingerprint density at radius 2 is 1.81 bits per heavy atom. The summed E-state index contributed by atoms with van der Waals surface area (Å²) in [6, 6.07) is 8.70. The van der Waals surface area contributed by atoms with Crippen molar-refractivity contribution in [2.75, 3.05) is 31.1 Å². The molecule has 1 amide bonds. The first-order valence-corrected chi connectivity index (χ1v) is 8.07. The highest BCUT2D eigenvalue weighted by molar-refractivity contribution is 5.80. The van der Waals surface area contributed by atoms with E-state index in [1.165, 1.54) is 11.3 Å². The number of carbonyl (C=O) groups is 1. The molecule has 4 heteroatoms. The lowest BCUT2D eigenvalue weighted by Crippen LogP contribution is -2.32. The zero-order chi connectivity index (χ0) is 15.1. The first kappa shape index (κ1) is 15.8. The van der Waals surface area contributed by atoms with Gasteiger partial charge < -0.3 is 15.5 Å². The van der Waals surface area contributed by atoms with Crippen molar-refractivity contribution in [1.29, 1.82) is 0 Å². The van der Waals surface area contributed by atoms with Gasteiger partial charge in [-0.25, -0.2) is 0 Å². The van der Waals surface area contributed by atoms with E-state index < -0.39 is 0 Å². The summed E-state index contributed by atoms with van der Waals surface area (Å²) in [4.78, 5) is 13.8. The molecule has 116 valence electrons. The van der Waals surface area contributed by atoms with Gasteiger partial charge in [0.2, 0.25) is 5.91 Å². The third kappa shape index (κ3) is 5.05. The van der Waals surface area contributed by atoms with Crippen molar-refractivity contribution in [3.8, 4) is 0 Å². The molecule has 0 bridgehead atoms. The van der Waals surface area contributed by atoms with Crippen LogP contribution in [-0.4, -0.2) is 32.1 Å². The molecule has 1 saturated carbocycles. The second-order valence-electron chi connectivity index (χ2n) is 5.58. The molecule has 0 saturated heterocycles. The first-order chi connectivity index (χ1) is 10.2. The fraction of sp³-hybridized carbons (Fsp3) is 0.588. The normalized spacial score (nSPS) is 14.0. The average Bonchev–Trinajstić information content (AvgIpc) is 3.34. The monoisotopic (exact) mass is 289 g/mol. The third-order valence-corrected chi connectivity index (χ3v) is 3.94. The molecule has 1 aliphatic carbocycles. The molecule has 1 fully saturated rings. The molecular formula is C17H27N3O. The SMILES string of the molecule is CCN(CC)c1ccc(CNCCNC(=O)C2CC2)cc1. The molecule has 0 radical (unpaired) electrons. The van der Waals surface area contributed by atoms with Crippen LogP contribution in [0.15, 0.2) is 24.3 Å². The van der Waals surface area contributed by atoms with Crippen molar-refractivity contribution in [3.05, 3.63) is 29.8 Å². The van der Waals surface area contributed by atoms with Crippen LogP contribution in [0.4, 0.5) is 5.69 Å². The van der Waals surface area contributed by atoms with Crippen LogP contribution in [0.25, 0.3) is 0 Å². The second-order valence-corrected chi connectivity index (χ2v) is 5.58. The summed E-state index contributed by atoms with van der Waals surface area (Å²) in [6.45, 7) is 8.80. The van der Waals surface area contributed by atoms with Gasteiger partial charge in [-0.2, -0.15) is 0 Å². The second kappa shape index (κ2) is 8.03. The van der Waals surface area contributed by atoms with Gasteiger partial charge in [0, 0.05) is 44.3 Å². The van der Waals surface area contributed by atoms with Crippen molar-refractivity contribution in [1.82, 2.24) is 10.6 Å².